The molecule has 0 fully saturated rings. The molecule has 0 radical (unpaired) electrons. The zero-order chi connectivity index (χ0) is 13.7. The number of hydrogen-bond acceptors (Lipinski definition) is 2. The number of aromatic amines is 1. The summed E-state index contributed by atoms with van der Waals surface area (Å²) in [5.41, 5.74) is 4.36. The minimum atomic E-state index is 0.0147. The molecule has 3 heteroatoms. The van der Waals surface area contributed by atoms with Gasteiger partial charge in [0.2, 0.25) is 0 Å². The highest BCUT2D eigenvalue weighted by molar-refractivity contribution is 6.16. The normalized spacial score (nSPS) is 11.7. The Labute approximate surface area is 115 Å². The highest BCUT2D eigenvalue weighted by atomic mass is 16.3. The molecule has 0 aliphatic heterocycles. The largest absolute Gasteiger partial charge is 0.392 e. The number of aliphatic hydroxyl groups excluding tert-OH is 1. The van der Waals surface area contributed by atoms with Crippen molar-refractivity contribution in [3.8, 4) is 0 Å². The molecule has 0 spiro atoms. The topological polar surface area (TPSA) is 48.9 Å². The molecule has 4 rings (SSSR count). The van der Waals surface area contributed by atoms with E-state index in [2.05, 4.69) is 29.0 Å². The molecule has 0 saturated carbocycles. The maximum absolute atomic E-state index is 9.86. The van der Waals surface area contributed by atoms with Gasteiger partial charge in [-0.1, -0.05) is 18.2 Å². The van der Waals surface area contributed by atoms with Gasteiger partial charge in [-0.3, -0.25) is 4.98 Å². The van der Waals surface area contributed by atoms with E-state index in [4.69, 9.17) is 0 Å². The van der Waals surface area contributed by atoms with Crippen LogP contribution in [0.3, 0.4) is 0 Å². The fourth-order valence-corrected chi connectivity index (χ4v) is 3.13. The van der Waals surface area contributed by atoms with Crippen molar-refractivity contribution in [3.63, 3.8) is 0 Å². The monoisotopic (exact) mass is 262 g/mol. The van der Waals surface area contributed by atoms with Gasteiger partial charge in [-0.25, -0.2) is 0 Å². The highest BCUT2D eigenvalue weighted by Gasteiger charge is 2.15. The predicted octanol–water partition coefficient (Wildman–Crippen LogP) is 3.67. The number of benzene rings is 2. The van der Waals surface area contributed by atoms with Crippen molar-refractivity contribution in [1.29, 1.82) is 0 Å². The molecule has 2 N–H and O–H groups in total. The molecule has 4 aromatic rings. The summed E-state index contributed by atoms with van der Waals surface area (Å²) in [7, 11) is 0. The van der Waals surface area contributed by atoms with E-state index >= 15 is 0 Å². The van der Waals surface area contributed by atoms with Crippen molar-refractivity contribution in [1.82, 2.24) is 9.97 Å². The van der Waals surface area contributed by atoms with Gasteiger partial charge in [0.15, 0.2) is 0 Å². The number of para-hydroxylation sites is 1. The average Bonchev–Trinajstić information content (AvgIpc) is 2.88. The third-order valence-electron chi connectivity index (χ3n) is 4.09. The van der Waals surface area contributed by atoms with E-state index in [-0.39, 0.29) is 6.61 Å². The molecular weight excluding hydrogens is 248 g/mol. The smallest absolute Gasteiger partial charge is 0.0695 e. The molecule has 0 aliphatic carbocycles. The molecule has 0 bridgehead atoms. The highest BCUT2D eigenvalue weighted by Crippen LogP contribution is 2.36. The molecule has 0 amide bonds. The van der Waals surface area contributed by atoms with Crippen molar-refractivity contribution in [2.45, 2.75) is 13.5 Å². The maximum atomic E-state index is 9.86. The molecule has 2 aromatic carbocycles. The molecule has 0 saturated heterocycles. The minimum absolute atomic E-state index is 0.0147. The number of rotatable bonds is 1. The molecular formula is C17H14N2O. The van der Waals surface area contributed by atoms with Gasteiger partial charge in [-0.15, -0.1) is 0 Å². The summed E-state index contributed by atoms with van der Waals surface area (Å²) in [6.45, 7) is 2.13. The number of fused-ring (bicyclic) bond motifs is 4. The van der Waals surface area contributed by atoms with Gasteiger partial charge >= 0.3 is 0 Å². The van der Waals surface area contributed by atoms with Crippen molar-refractivity contribution >= 4 is 32.6 Å². The summed E-state index contributed by atoms with van der Waals surface area (Å²) in [4.78, 5) is 7.69. The number of hydrogen-bond donors (Lipinski definition) is 2. The van der Waals surface area contributed by atoms with Crippen LogP contribution < -0.4 is 0 Å². The lowest BCUT2D eigenvalue weighted by Crippen LogP contribution is -1.92. The van der Waals surface area contributed by atoms with Crippen molar-refractivity contribution < 1.29 is 5.11 Å². The van der Waals surface area contributed by atoms with Crippen LogP contribution >= 0.6 is 0 Å². The Morgan fingerprint density at radius 3 is 2.80 bits per heavy atom. The maximum Gasteiger partial charge on any atom is 0.0695 e. The second kappa shape index (κ2) is 4.05. The number of H-pyrrole nitrogens is 1. The van der Waals surface area contributed by atoms with Crippen LogP contribution in [0.1, 0.15) is 11.1 Å². The number of aliphatic hydroxyl groups is 1. The first kappa shape index (κ1) is 11.4. The lowest BCUT2D eigenvalue weighted by Gasteiger charge is -2.09. The molecule has 3 nitrogen and oxygen atoms in total. The molecule has 0 aliphatic rings. The van der Waals surface area contributed by atoms with Gasteiger partial charge < -0.3 is 10.1 Å². The van der Waals surface area contributed by atoms with Gasteiger partial charge in [0.1, 0.15) is 0 Å². The van der Waals surface area contributed by atoms with Crippen molar-refractivity contribution in [3.05, 3.63) is 53.9 Å². The Morgan fingerprint density at radius 2 is 1.95 bits per heavy atom. The summed E-state index contributed by atoms with van der Waals surface area (Å²) < 4.78 is 0. The molecule has 2 aromatic heterocycles. The van der Waals surface area contributed by atoms with Gasteiger partial charge in [0.05, 0.1) is 12.1 Å². The van der Waals surface area contributed by atoms with E-state index in [0.29, 0.717) is 0 Å². The number of pyridine rings is 1. The van der Waals surface area contributed by atoms with Crippen molar-refractivity contribution in [2.24, 2.45) is 0 Å². The van der Waals surface area contributed by atoms with Gasteiger partial charge in [-0.05, 0) is 35.6 Å². The van der Waals surface area contributed by atoms with Crippen LogP contribution in [0.4, 0.5) is 0 Å². The third kappa shape index (κ3) is 1.35. The molecule has 20 heavy (non-hydrogen) atoms. The molecule has 2 heterocycles. The second-order valence-corrected chi connectivity index (χ2v) is 5.10. The lowest BCUT2D eigenvalue weighted by molar-refractivity contribution is 0.285. The molecule has 98 valence electrons. The minimum Gasteiger partial charge on any atom is -0.392 e. The van der Waals surface area contributed by atoms with Gasteiger partial charge in [-0.2, -0.15) is 0 Å². The van der Waals surface area contributed by atoms with Crippen molar-refractivity contribution in [2.75, 3.05) is 0 Å². The van der Waals surface area contributed by atoms with E-state index in [1.165, 1.54) is 5.56 Å². The van der Waals surface area contributed by atoms with E-state index in [1.54, 1.807) is 6.20 Å². The Kier molecular flexibility index (Phi) is 2.32. The SMILES string of the molecule is Cc1c2ccncc2c(CO)c2c1[nH]c1ccccc12. The summed E-state index contributed by atoms with van der Waals surface area (Å²) in [5.74, 6) is 0. The summed E-state index contributed by atoms with van der Waals surface area (Å²) in [5, 5.41) is 14.3. The number of aryl methyl sites for hydroxylation is 1. The predicted molar refractivity (Wildman–Crippen MR) is 81.8 cm³/mol. The Balaban J connectivity index is 2.38. The van der Waals surface area contributed by atoms with Crippen LogP contribution in [0, 0.1) is 6.92 Å². The van der Waals surface area contributed by atoms with Crippen LogP contribution in [-0.2, 0) is 6.61 Å². The van der Waals surface area contributed by atoms with Gasteiger partial charge in [0.25, 0.3) is 0 Å². The fraction of sp³-hybridized carbons (Fsp3) is 0.118. The van der Waals surface area contributed by atoms with E-state index in [9.17, 15) is 5.11 Å². The quantitative estimate of drug-likeness (QED) is 0.550. The Bertz CT molecular complexity index is 953. The third-order valence-corrected chi connectivity index (χ3v) is 4.09. The Morgan fingerprint density at radius 1 is 1.10 bits per heavy atom. The van der Waals surface area contributed by atoms with Crippen LogP contribution in [0.5, 0.6) is 0 Å². The second-order valence-electron chi connectivity index (χ2n) is 5.10. The summed E-state index contributed by atoms with van der Waals surface area (Å²) in [6, 6.07) is 10.2. The van der Waals surface area contributed by atoms with E-state index < -0.39 is 0 Å². The first-order chi connectivity index (χ1) is 9.81. The first-order valence-corrected chi connectivity index (χ1v) is 6.67. The van der Waals surface area contributed by atoms with Crippen LogP contribution in [0.25, 0.3) is 32.6 Å². The lowest BCUT2D eigenvalue weighted by atomic mass is 9.96. The summed E-state index contributed by atoms with van der Waals surface area (Å²) in [6.07, 6.45) is 3.64. The molecule has 0 unspecified atom stereocenters. The average molecular weight is 262 g/mol. The number of nitrogens with zero attached hydrogens (tertiary/aromatic N) is 1. The van der Waals surface area contributed by atoms with Crippen LogP contribution in [-0.4, -0.2) is 15.1 Å². The van der Waals surface area contributed by atoms with Crippen LogP contribution in [0.2, 0.25) is 0 Å². The zero-order valence-electron chi connectivity index (χ0n) is 11.1. The van der Waals surface area contributed by atoms with E-state index in [0.717, 1.165) is 38.1 Å². The fourth-order valence-electron chi connectivity index (χ4n) is 3.13. The number of nitrogens with one attached hydrogen (secondary N) is 1. The van der Waals surface area contributed by atoms with Gasteiger partial charge in [0, 0.05) is 34.1 Å². The zero-order valence-corrected chi connectivity index (χ0v) is 11.1. The molecule has 0 atom stereocenters. The Hall–Kier alpha value is -2.39. The summed E-state index contributed by atoms with van der Waals surface area (Å²) >= 11 is 0. The standard InChI is InChI=1S/C17H14N2O/c1-10-11-6-7-18-8-13(11)14(9-20)16-12-4-2-3-5-15(12)19-17(10)16/h2-8,19-20H,9H2,1H3. The van der Waals surface area contributed by atoms with Crippen LogP contribution in [0.15, 0.2) is 42.7 Å². The van der Waals surface area contributed by atoms with E-state index in [1.807, 2.05) is 24.4 Å². The first-order valence-electron chi connectivity index (χ1n) is 6.67. The number of aromatic nitrogens is 2.